The molecule has 0 fully saturated rings. The van der Waals surface area contributed by atoms with E-state index < -0.39 is 16.4 Å². The van der Waals surface area contributed by atoms with Gasteiger partial charge in [-0.25, -0.2) is 0 Å². The maximum atomic E-state index is 9.37. The number of hydrogen-bond acceptors (Lipinski definition) is 3. The summed E-state index contributed by atoms with van der Waals surface area (Å²) in [4.78, 5) is 9.37. The summed E-state index contributed by atoms with van der Waals surface area (Å²) in [6.45, 7) is 1.60. The molecule has 0 bridgehead atoms. The first-order chi connectivity index (χ1) is 4.27. The third-order valence-electron chi connectivity index (χ3n) is 0.302. The molecular weight excluding hydrogens is 342 g/mol. The van der Waals surface area contributed by atoms with Gasteiger partial charge < -0.3 is 5.11 Å². The molecule has 70 valence electrons. The molecule has 0 spiro atoms. The molecule has 0 heterocycles. The number of rotatable bonds is 1. The topological polar surface area (TPSA) is 112 Å². The van der Waals surface area contributed by atoms with Crippen LogP contribution in [-0.2, 0) is 15.2 Å². The zero-order valence-corrected chi connectivity index (χ0v) is 6.00. The van der Waals surface area contributed by atoms with Crippen molar-refractivity contribution in [3.8, 4) is 0 Å². The molecule has 0 unspecified atom stereocenters. The van der Waals surface area contributed by atoms with Crippen LogP contribution in [0.5, 0.6) is 0 Å². The summed E-state index contributed by atoms with van der Waals surface area (Å²) < 4.78 is 31.6. The molecule has 0 aromatic carbocycles. The van der Waals surface area contributed by atoms with Crippen molar-refractivity contribution in [2.45, 2.75) is 13.3 Å². The standard InChI is InChI=1S/C3H6O2.Ba.Ca.H2O4S.4H/c1-2-3(4)5;;;1-5(2,3)4;;;;/h2H2,1H3,(H,4,5);;;(H2,1,2,3,4);;;;. The third-order valence-corrected chi connectivity index (χ3v) is 0.302. The Balaban J connectivity index is -0.0000000457. The molecule has 0 aliphatic rings. The SMILES string of the molecule is CCC(=O)O.O=S(=O)(O)O.[BaH2].[CaH2]. The second-order valence-electron chi connectivity index (χ2n) is 1.20. The van der Waals surface area contributed by atoms with E-state index in [9.17, 15) is 4.79 Å². The molecule has 0 aliphatic heterocycles. The second kappa shape index (κ2) is 13.2. The minimum atomic E-state index is -4.67. The quantitative estimate of drug-likeness (QED) is 0.371. The third kappa shape index (κ3) is 87.3. The number of carboxylic acid groups (broad SMARTS) is 1. The molecule has 0 rings (SSSR count). The molecule has 9 heteroatoms. The average Bonchev–Trinajstić information content (AvgIpc) is 1.61. The van der Waals surface area contributed by atoms with Gasteiger partial charge in [0.15, 0.2) is 0 Å². The first-order valence-electron chi connectivity index (χ1n) is 2.19. The van der Waals surface area contributed by atoms with Crippen molar-refractivity contribution in [2.75, 3.05) is 0 Å². The summed E-state index contributed by atoms with van der Waals surface area (Å²) in [6.07, 6.45) is 0.222. The van der Waals surface area contributed by atoms with E-state index in [-0.39, 0.29) is 93.0 Å². The summed E-state index contributed by atoms with van der Waals surface area (Å²) in [5, 5.41) is 7.72. The van der Waals surface area contributed by atoms with Gasteiger partial charge in [-0.1, -0.05) is 6.92 Å². The van der Waals surface area contributed by atoms with E-state index in [0.717, 1.165) is 0 Å². The van der Waals surface area contributed by atoms with Crippen molar-refractivity contribution in [3.05, 3.63) is 0 Å². The van der Waals surface area contributed by atoms with Crippen molar-refractivity contribution >= 4 is 103 Å². The van der Waals surface area contributed by atoms with E-state index in [1.165, 1.54) is 0 Å². The number of carboxylic acids is 1. The fourth-order valence-electron chi connectivity index (χ4n) is 0. The molecule has 0 saturated heterocycles. The van der Waals surface area contributed by atoms with Crippen molar-refractivity contribution in [1.82, 2.24) is 0 Å². The fourth-order valence-corrected chi connectivity index (χ4v) is 0. The maximum absolute atomic E-state index is 9.37. The van der Waals surface area contributed by atoms with Gasteiger partial charge in [-0.2, -0.15) is 8.42 Å². The van der Waals surface area contributed by atoms with Gasteiger partial charge in [0.05, 0.1) is 0 Å². The second-order valence-corrected chi connectivity index (χ2v) is 2.09. The Morgan fingerprint density at radius 1 is 1.33 bits per heavy atom. The van der Waals surface area contributed by atoms with Crippen LogP contribution in [0.2, 0.25) is 0 Å². The Hall–Kier alpha value is 2.17. The van der Waals surface area contributed by atoms with Crippen LogP contribution in [0.15, 0.2) is 0 Å². The van der Waals surface area contributed by atoms with Crippen LogP contribution in [0.1, 0.15) is 13.3 Å². The number of hydrogen-bond donors (Lipinski definition) is 3. The van der Waals surface area contributed by atoms with Crippen molar-refractivity contribution in [1.29, 1.82) is 0 Å². The van der Waals surface area contributed by atoms with Crippen LogP contribution >= 0.6 is 0 Å². The van der Waals surface area contributed by atoms with Gasteiger partial charge in [-0.05, 0) is 0 Å². The molecule has 6 nitrogen and oxygen atoms in total. The van der Waals surface area contributed by atoms with Crippen LogP contribution in [-0.4, -0.2) is 115 Å². The van der Waals surface area contributed by atoms with Gasteiger partial charge in [0.1, 0.15) is 0 Å². The molecule has 0 saturated carbocycles. The molecule has 0 aliphatic carbocycles. The number of carbonyl (C=O) groups is 1. The van der Waals surface area contributed by atoms with Crippen LogP contribution in [0.3, 0.4) is 0 Å². The van der Waals surface area contributed by atoms with Gasteiger partial charge in [0, 0.05) is 6.42 Å². The van der Waals surface area contributed by atoms with Gasteiger partial charge in [0.2, 0.25) is 0 Å². The van der Waals surface area contributed by atoms with Crippen LogP contribution in [0.25, 0.3) is 0 Å². The van der Waals surface area contributed by atoms with E-state index in [0.29, 0.717) is 0 Å². The molecule has 0 radical (unpaired) electrons. The van der Waals surface area contributed by atoms with Crippen molar-refractivity contribution in [3.63, 3.8) is 0 Å². The monoisotopic (exact) mass is 354 g/mol. The summed E-state index contributed by atoms with van der Waals surface area (Å²) in [7, 11) is -4.67. The van der Waals surface area contributed by atoms with Gasteiger partial charge in [-0.15, -0.1) is 0 Å². The zero-order valence-electron chi connectivity index (χ0n) is 5.18. The van der Waals surface area contributed by atoms with Gasteiger partial charge >= 0.3 is 103 Å². The Morgan fingerprint density at radius 3 is 1.42 bits per heavy atom. The van der Waals surface area contributed by atoms with Crippen LogP contribution in [0, 0.1) is 0 Å². The zero-order chi connectivity index (χ0) is 8.78. The Labute approximate surface area is 141 Å². The molecule has 0 aromatic rings. The van der Waals surface area contributed by atoms with Crippen LogP contribution in [0.4, 0.5) is 0 Å². The van der Waals surface area contributed by atoms with E-state index in [1.54, 1.807) is 6.92 Å². The normalized spacial score (nSPS) is 7.92. The molecule has 0 atom stereocenters. The van der Waals surface area contributed by atoms with E-state index in [4.69, 9.17) is 22.6 Å². The first kappa shape index (κ1) is 23.8. The van der Waals surface area contributed by atoms with Gasteiger partial charge in [-0.3, -0.25) is 13.9 Å². The fraction of sp³-hybridized carbons (Fsp3) is 0.667. The van der Waals surface area contributed by atoms with Crippen molar-refractivity contribution in [2.24, 2.45) is 0 Å². The minimum absolute atomic E-state index is 0. The van der Waals surface area contributed by atoms with E-state index in [2.05, 4.69) is 0 Å². The molecule has 0 aromatic heterocycles. The number of aliphatic carboxylic acids is 1. The molecule has 0 amide bonds. The Morgan fingerprint density at radius 2 is 1.42 bits per heavy atom. The van der Waals surface area contributed by atoms with Crippen molar-refractivity contribution < 1.29 is 27.4 Å². The summed E-state index contributed by atoms with van der Waals surface area (Å²) in [5.41, 5.74) is 0. The summed E-state index contributed by atoms with van der Waals surface area (Å²) in [6, 6.07) is 0. The molecular formula is C3H12BaCaO6S. The molecule has 12 heavy (non-hydrogen) atoms. The van der Waals surface area contributed by atoms with E-state index in [1.807, 2.05) is 0 Å². The average molecular weight is 354 g/mol. The first-order valence-corrected chi connectivity index (χ1v) is 3.58. The summed E-state index contributed by atoms with van der Waals surface area (Å²) in [5.74, 6) is -0.745. The van der Waals surface area contributed by atoms with Gasteiger partial charge in [0.25, 0.3) is 0 Å². The Kier molecular flexibility index (Phi) is 26.1. The summed E-state index contributed by atoms with van der Waals surface area (Å²) >= 11 is 0. The Bertz CT molecular complexity index is 181. The predicted octanol–water partition coefficient (Wildman–Crippen LogP) is -2.00. The van der Waals surface area contributed by atoms with Crippen LogP contribution < -0.4 is 0 Å². The van der Waals surface area contributed by atoms with E-state index >= 15 is 0 Å². The predicted molar refractivity (Wildman–Crippen MR) is 49.2 cm³/mol. The molecule has 3 N–H and O–H groups in total.